The number of amides is 1. The Morgan fingerprint density at radius 2 is 1.86 bits per heavy atom. The summed E-state index contributed by atoms with van der Waals surface area (Å²) in [5, 5.41) is 3.24. The van der Waals surface area contributed by atoms with Gasteiger partial charge < -0.3 is 5.32 Å². The third kappa shape index (κ3) is 4.47. The number of hydrogen-bond acceptors (Lipinski definition) is 3. The summed E-state index contributed by atoms with van der Waals surface area (Å²) in [6.07, 6.45) is 8.25. The van der Waals surface area contributed by atoms with Crippen LogP contribution in [0.4, 0.5) is 0 Å². The Balaban J connectivity index is 1.33. The standard InChI is InChI=1S/C15H25Cl2N3O/c16-11-5-1-9(7-12(11)17)2-6-15(21)18-14-8-13(19-20-14)10-3-4-10/h9-14,19-20H,1-8H2,(H,18,21). The van der Waals surface area contributed by atoms with Crippen molar-refractivity contribution in [2.45, 2.75) is 74.3 Å². The molecule has 3 aliphatic rings. The van der Waals surface area contributed by atoms with Crippen LogP contribution >= 0.6 is 23.2 Å². The predicted molar refractivity (Wildman–Crippen MR) is 85.2 cm³/mol. The first-order valence-corrected chi connectivity index (χ1v) is 9.07. The monoisotopic (exact) mass is 333 g/mol. The van der Waals surface area contributed by atoms with Crippen LogP contribution in [0.5, 0.6) is 0 Å². The van der Waals surface area contributed by atoms with Gasteiger partial charge in [0.2, 0.25) is 5.91 Å². The van der Waals surface area contributed by atoms with Gasteiger partial charge in [-0.1, -0.05) is 0 Å². The lowest BCUT2D eigenvalue weighted by Gasteiger charge is -2.29. The second kappa shape index (κ2) is 7.03. The van der Waals surface area contributed by atoms with Crippen LogP contribution in [0, 0.1) is 11.8 Å². The molecule has 5 atom stereocenters. The normalized spacial score (nSPS) is 40.2. The molecule has 1 heterocycles. The maximum Gasteiger partial charge on any atom is 0.221 e. The highest BCUT2D eigenvalue weighted by molar-refractivity contribution is 6.30. The van der Waals surface area contributed by atoms with E-state index < -0.39 is 0 Å². The van der Waals surface area contributed by atoms with E-state index in [4.69, 9.17) is 23.2 Å². The molecule has 0 bridgehead atoms. The molecule has 1 saturated heterocycles. The summed E-state index contributed by atoms with van der Waals surface area (Å²) in [5.74, 6) is 1.50. The lowest BCUT2D eigenvalue weighted by molar-refractivity contribution is -0.122. The third-order valence-electron chi connectivity index (χ3n) is 5.04. The van der Waals surface area contributed by atoms with E-state index in [1.165, 1.54) is 12.8 Å². The molecule has 0 aromatic rings. The number of hydrogen-bond donors (Lipinski definition) is 3. The Hall–Kier alpha value is -0.0300. The van der Waals surface area contributed by atoms with Gasteiger partial charge in [0.15, 0.2) is 0 Å². The van der Waals surface area contributed by atoms with Gasteiger partial charge in [0.1, 0.15) is 0 Å². The molecule has 6 heteroatoms. The van der Waals surface area contributed by atoms with Gasteiger partial charge in [0.25, 0.3) is 0 Å². The molecule has 4 nitrogen and oxygen atoms in total. The minimum Gasteiger partial charge on any atom is -0.340 e. The van der Waals surface area contributed by atoms with Crippen LogP contribution < -0.4 is 16.2 Å². The number of carbonyl (C=O) groups is 1. The second-order valence-corrected chi connectivity index (χ2v) is 7.96. The first-order chi connectivity index (χ1) is 10.1. The van der Waals surface area contributed by atoms with Crippen molar-refractivity contribution >= 4 is 29.1 Å². The molecule has 2 aliphatic carbocycles. The van der Waals surface area contributed by atoms with Crippen LogP contribution in [0.1, 0.15) is 51.4 Å². The average Bonchev–Trinajstić information content (AvgIpc) is 3.21. The van der Waals surface area contributed by atoms with Crippen molar-refractivity contribution in [2.75, 3.05) is 0 Å². The van der Waals surface area contributed by atoms with E-state index >= 15 is 0 Å². The Labute approximate surface area is 136 Å². The Kier molecular flexibility index (Phi) is 5.31. The summed E-state index contributed by atoms with van der Waals surface area (Å²) >= 11 is 12.3. The van der Waals surface area contributed by atoms with Crippen molar-refractivity contribution in [3.05, 3.63) is 0 Å². The quantitative estimate of drug-likeness (QED) is 0.677. The Morgan fingerprint density at radius 1 is 1.05 bits per heavy atom. The zero-order valence-electron chi connectivity index (χ0n) is 12.3. The largest absolute Gasteiger partial charge is 0.340 e. The Morgan fingerprint density at radius 3 is 2.57 bits per heavy atom. The van der Waals surface area contributed by atoms with Crippen LogP contribution in [0.25, 0.3) is 0 Å². The summed E-state index contributed by atoms with van der Waals surface area (Å²) in [4.78, 5) is 12.0. The fraction of sp³-hybridized carbons (Fsp3) is 0.933. The molecule has 0 aromatic heterocycles. The van der Waals surface area contributed by atoms with Crippen LogP contribution in [0.15, 0.2) is 0 Å². The van der Waals surface area contributed by atoms with Crippen LogP contribution in [-0.4, -0.2) is 28.9 Å². The molecule has 0 aromatic carbocycles. The van der Waals surface area contributed by atoms with Crippen LogP contribution in [-0.2, 0) is 4.79 Å². The minimum absolute atomic E-state index is 0.0634. The van der Waals surface area contributed by atoms with Gasteiger partial charge in [-0.2, -0.15) is 0 Å². The first kappa shape index (κ1) is 15.9. The third-order valence-corrected chi connectivity index (χ3v) is 6.17. The molecule has 120 valence electrons. The molecule has 3 N–H and O–H groups in total. The van der Waals surface area contributed by atoms with Gasteiger partial charge in [0, 0.05) is 17.8 Å². The fourth-order valence-corrected chi connectivity index (χ4v) is 4.11. The van der Waals surface area contributed by atoms with Gasteiger partial charge in [-0.15, -0.1) is 23.2 Å². The van der Waals surface area contributed by atoms with Crippen LogP contribution in [0.3, 0.4) is 0 Å². The van der Waals surface area contributed by atoms with E-state index in [9.17, 15) is 4.79 Å². The van der Waals surface area contributed by atoms with Crippen molar-refractivity contribution < 1.29 is 4.79 Å². The minimum atomic E-state index is 0.0634. The molecule has 3 fully saturated rings. The maximum absolute atomic E-state index is 12.0. The molecule has 1 amide bonds. The molecule has 2 saturated carbocycles. The molecule has 1 aliphatic heterocycles. The fourth-order valence-electron chi connectivity index (χ4n) is 3.51. The maximum atomic E-state index is 12.0. The van der Waals surface area contributed by atoms with Crippen molar-refractivity contribution in [1.29, 1.82) is 0 Å². The number of carbonyl (C=O) groups excluding carboxylic acids is 1. The van der Waals surface area contributed by atoms with E-state index in [-0.39, 0.29) is 22.8 Å². The highest BCUT2D eigenvalue weighted by atomic mass is 35.5. The first-order valence-electron chi connectivity index (χ1n) is 8.20. The van der Waals surface area contributed by atoms with E-state index in [1.807, 2.05) is 0 Å². The summed E-state index contributed by atoms with van der Waals surface area (Å²) < 4.78 is 0. The number of hydrazine groups is 1. The van der Waals surface area contributed by atoms with E-state index in [0.717, 1.165) is 38.0 Å². The summed E-state index contributed by atoms with van der Waals surface area (Å²) in [7, 11) is 0. The molecule has 0 radical (unpaired) electrons. The van der Waals surface area contributed by atoms with Gasteiger partial charge >= 0.3 is 0 Å². The van der Waals surface area contributed by atoms with Crippen molar-refractivity contribution in [3.63, 3.8) is 0 Å². The van der Waals surface area contributed by atoms with Gasteiger partial charge in [-0.05, 0) is 56.8 Å². The zero-order chi connectivity index (χ0) is 14.8. The van der Waals surface area contributed by atoms with Gasteiger partial charge in [-0.25, -0.2) is 5.43 Å². The van der Waals surface area contributed by atoms with E-state index in [2.05, 4.69) is 16.2 Å². The van der Waals surface area contributed by atoms with Crippen molar-refractivity contribution in [1.82, 2.24) is 16.2 Å². The van der Waals surface area contributed by atoms with Crippen LogP contribution in [0.2, 0.25) is 0 Å². The number of alkyl halides is 2. The summed E-state index contributed by atoms with van der Waals surface area (Å²) in [5.41, 5.74) is 6.48. The number of halogens is 2. The lowest BCUT2D eigenvalue weighted by Crippen LogP contribution is -2.44. The summed E-state index contributed by atoms with van der Waals surface area (Å²) in [6, 6.07) is 0.534. The smallest absolute Gasteiger partial charge is 0.221 e. The zero-order valence-corrected chi connectivity index (χ0v) is 13.8. The summed E-state index contributed by atoms with van der Waals surface area (Å²) in [6.45, 7) is 0. The van der Waals surface area contributed by atoms with Crippen molar-refractivity contribution in [3.8, 4) is 0 Å². The molecule has 0 spiro atoms. The molecule has 21 heavy (non-hydrogen) atoms. The van der Waals surface area contributed by atoms with Gasteiger partial charge in [-0.3, -0.25) is 10.2 Å². The van der Waals surface area contributed by atoms with E-state index in [0.29, 0.717) is 18.4 Å². The topological polar surface area (TPSA) is 53.2 Å². The molecule has 3 rings (SSSR count). The molecular formula is C15H25Cl2N3O. The lowest BCUT2D eigenvalue weighted by atomic mass is 9.85. The highest BCUT2D eigenvalue weighted by Gasteiger charge is 2.37. The predicted octanol–water partition coefficient (Wildman–Crippen LogP) is 2.50. The number of rotatable bonds is 5. The van der Waals surface area contributed by atoms with Crippen molar-refractivity contribution in [2.24, 2.45) is 11.8 Å². The Bertz CT molecular complexity index is 378. The number of nitrogens with one attached hydrogen (secondary N) is 3. The molecular weight excluding hydrogens is 309 g/mol. The highest BCUT2D eigenvalue weighted by Crippen LogP contribution is 2.35. The van der Waals surface area contributed by atoms with Gasteiger partial charge in [0.05, 0.1) is 11.5 Å². The second-order valence-electron chi connectivity index (χ2n) is 6.84. The molecule has 5 unspecified atom stereocenters. The van der Waals surface area contributed by atoms with E-state index in [1.54, 1.807) is 0 Å². The SMILES string of the molecule is O=C(CCC1CCC(Cl)C(Cl)C1)NC1CC(C2CC2)NN1. The average molecular weight is 334 g/mol.